The Hall–Kier alpha value is -1.74. The third-order valence-corrected chi connectivity index (χ3v) is 10.0. The molecule has 2 aromatic rings. The molecule has 1 N–H and O–H groups in total. The first-order valence-corrected chi connectivity index (χ1v) is 12.5. The zero-order valence-electron chi connectivity index (χ0n) is 17.3. The Labute approximate surface area is 167 Å². The molecular weight excluding hydrogens is 375 g/mol. The fourth-order valence-corrected chi connectivity index (χ4v) is 3.58. The molecule has 1 fully saturated rings. The van der Waals surface area contributed by atoms with Crippen LogP contribution < -0.4 is 5.32 Å². The van der Waals surface area contributed by atoms with E-state index in [1.807, 2.05) is 0 Å². The molecule has 152 valence electrons. The Kier molecular flexibility index (Phi) is 6.24. The van der Waals surface area contributed by atoms with Crippen LogP contribution in [0, 0.1) is 5.82 Å². The fourth-order valence-electron chi connectivity index (χ4n) is 2.63. The van der Waals surface area contributed by atoms with E-state index in [1.54, 1.807) is 24.7 Å². The van der Waals surface area contributed by atoms with Gasteiger partial charge in [-0.3, -0.25) is 4.98 Å². The van der Waals surface area contributed by atoms with Crippen molar-refractivity contribution >= 4 is 8.32 Å². The quantitative estimate of drug-likeness (QED) is 0.763. The molecule has 0 aliphatic carbocycles. The van der Waals surface area contributed by atoms with Crippen molar-refractivity contribution in [2.75, 3.05) is 19.7 Å². The van der Waals surface area contributed by atoms with Crippen LogP contribution in [0.5, 0.6) is 0 Å². The van der Waals surface area contributed by atoms with Gasteiger partial charge < -0.3 is 14.5 Å². The minimum absolute atomic E-state index is 0.0685. The zero-order valence-corrected chi connectivity index (χ0v) is 18.3. The van der Waals surface area contributed by atoms with Gasteiger partial charge in [-0.05, 0) is 24.2 Å². The number of hydrogen-bond donors (Lipinski definition) is 1. The molecular formula is C20H29FN4O2Si. The lowest BCUT2D eigenvalue weighted by atomic mass is 10.1. The number of rotatable bonds is 5. The third kappa shape index (κ3) is 4.63. The van der Waals surface area contributed by atoms with Crippen LogP contribution in [0.25, 0.3) is 11.3 Å². The van der Waals surface area contributed by atoms with E-state index in [0.717, 1.165) is 6.54 Å². The zero-order chi connectivity index (χ0) is 20.4. The molecule has 3 heterocycles. The van der Waals surface area contributed by atoms with Gasteiger partial charge in [-0.1, -0.05) is 20.8 Å². The summed E-state index contributed by atoms with van der Waals surface area (Å²) in [5.41, 5.74) is 1.28. The van der Waals surface area contributed by atoms with E-state index in [-0.39, 0.29) is 29.3 Å². The van der Waals surface area contributed by atoms with Gasteiger partial charge >= 0.3 is 0 Å². The van der Waals surface area contributed by atoms with Crippen molar-refractivity contribution < 1.29 is 13.6 Å². The second-order valence-electron chi connectivity index (χ2n) is 8.58. The van der Waals surface area contributed by atoms with E-state index in [2.05, 4.69) is 54.1 Å². The van der Waals surface area contributed by atoms with Crippen LogP contribution in [0.2, 0.25) is 18.1 Å². The van der Waals surface area contributed by atoms with Crippen LogP contribution >= 0.6 is 0 Å². The number of hydrogen-bond acceptors (Lipinski definition) is 6. The van der Waals surface area contributed by atoms with Gasteiger partial charge in [-0.15, -0.1) is 0 Å². The minimum atomic E-state index is -1.97. The van der Waals surface area contributed by atoms with Crippen molar-refractivity contribution in [2.24, 2.45) is 0 Å². The number of aromatic nitrogens is 3. The monoisotopic (exact) mass is 404 g/mol. The molecule has 1 atom stereocenters. The molecule has 0 bridgehead atoms. The number of nitrogens with one attached hydrogen (secondary N) is 1. The highest BCUT2D eigenvalue weighted by molar-refractivity contribution is 6.74. The van der Waals surface area contributed by atoms with E-state index in [0.29, 0.717) is 30.1 Å². The molecule has 2 aromatic heterocycles. The van der Waals surface area contributed by atoms with Crippen molar-refractivity contribution in [2.45, 2.75) is 51.6 Å². The predicted molar refractivity (Wildman–Crippen MR) is 109 cm³/mol. The second kappa shape index (κ2) is 8.32. The van der Waals surface area contributed by atoms with Gasteiger partial charge in [-0.25, -0.2) is 14.4 Å². The van der Waals surface area contributed by atoms with E-state index in [1.165, 1.54) is 0 Å². The first-order valence-electron chi connectivity index (χ1n) is 9.61. The van der Waals surface area contributed by atoms with Gasteiger partial charge in [0.05, 0.1) is 13.2 Å². The number of ether oxygens (including phenoxy) is 1. The lowest BCUT2D eigenvalue weighted by Crippen LogP contribution is -2.40. The third-order valence-electron chi connectivity index (χ3n) is 5.52. The Bertz CT molecular complexity index is 803. The summed E-state index contributed by atoms with van der Waals surface area (Å²) < 4.78 is 26.9. The number of halogens is 1. The lowest BCUT2D eigenvalue weighted by Gasteiger charge is -2.36. The van der Waals surface area contributed by atoms with Crippen molar-refractivity contribution in [3.8, 4) is 11.3 Å². The molecule has 1 aliphatic rings. The van der Waals surface area contributed by atoms with Crippen LogP contribution in [-0.4, -0.2) is 43.0 Å². The fraction of sp³-hybridized carbons (Fsp3) is 0.550. The molecule has 0 amide bonds. The molecule has 1 unspecified atom stereocenters. The maximum Gasteiger partial charge on any atom is 0.192 e. The highest BCUT2D eigenvalue weighted by atomic mass is 28.4. The molecule has 0 aromatic carbocycles. The van der Waals surface area contributed by atoms with Crippen LogP contribution in [0.3, 0.4) is 0 Å². The molecule has 1 saturated heterocycles. The topological polar surface area (TPSA) is 69.2 Å². The van der Waals surface area contributed by atoms with Crippen molar-refractivity contribution in [3.63, 3.8) is 0 Å². The summed E-state index contributed by atoms with van der Waals surface area (Å²) in [5.74, 6) is 0.210. The Morgan fingerprint density at radius 2 is 1.96 bits per heavy atom. The summed E-state index contributed by atoms with van der Waals surface area (Å²) in [6, 6.07) is 1.67. The first-order chi connectivity index (χ1) is 13.2. The minimum Gasteiger partial charge on any atom is -0.412 e. The van der Waals surface area contributed by atoms with Crippen LogP contribution in [0.15, 0.2) is 24.7 Å². The van der Waals surface area contributed by atoms with Gasteiger partial charge in [0.15, 0.2) is 20.0 Å². The maximum atomic E-state index is 15.1. The van der Waals surface area contributed by atoms with Crippen LogP contribution in [0.1, 0.15) is 38.3 Å². The van der Waals surface area contributed by atoms with Gasteiger partial charge in [-0.2, -0.15) is 0 Å². The standard InChI is InChI=1S/C20H29FN4O2Si/c1-20(2,3)28(4,5)27-13-14-6-7-23-18(17(14)21)15-10-24-19(25-11-15)16-12-22-8-9-26-16/h6-7,10-11,16,22H,8-9,12-13H2,1-5H3. The SMILES string of the molecule is CC(C)(C)[Si](C)(C)OCc1ccnc(-c2cnc(C3CNCCO3)nc2)c1F. The Morgan fingerprint density at radius 3 is 2.57 bits per heavy atom. The summed E-state index contributed by atoms with van der Waals surface area (Å²) >= 11 is 0. The predicted octanol–water partition coefficient (Wildman–Crippen LogP) is 3.86. The van der Waals surface area contributed by atoms with Crippen LogP contribution in [0.4, 0.5) is 4.39 Å². The summed E-state index contributed by atoms with van der Waals surface area (Å²) in [5, 5.41) is 3.31. The van der Waals surface area contributed by atoms with Crippen LogP contribution in [-0.2, 0) is 15.8 Å². The van der Waals surface area contributed by atoms with Gasteiger partial charge in [0.1, 0.15) is 11.8 Å². The van der Waals surface area contributed by atoms with Crippen molar-refractivity contribution in [1.29, 1.82) is 0 Å². The van der Waals surface area contributed by atoms with E-state index in [4.69, 9.17) is 9.16 Å². The second-order valence-corrected chi connectivity index (χ2v) is 13.4. The van der Waals surface area contributed by atoms with E-state index in [9.17, 15) is 0 Å². The molecule has 0 saturated carbocycles. The average Bonchev–Trinajstić information content (AvgIpc) is 2.67. The highest BCUT2D eigenvalue weighted by Gasteiger charge is 2.37. The largest absolute Gasteiger partial charge is 0.412 e. The Morgan fingerprint density at radius 1 is 1.25 bits per heavy atom. The van der Waals surface area contributed by atoms with Gasteiger partial charge in [0.25, 0.3) is 0 Å². The first kappa shape index (κ1) is 21.0. The van der Waals surface area contributed by atoms with E-state index < -0.39 is 8.32 Å². The maximum absolute atomic E-state index is 15.1. The van der Waals surface area contributed by atoms with Crippen molar-refractivity contribution in [1.82, 2.24) is 20.3 Å². The summed E-state index contributed by atoms with van der Waals surface area (Å²) in [6.07, 6.45) is 4.63. The molecule has 6 nitrogen and oxygen atoms in total. The van der Waals surface area contributed by atoms with Gasteiger partial charge in [0, 0.05) is 42.8 Å². The van der Waals surface area contributed by atoms with E-state index >= 15 is 4.39 Å². The molecule has 1 aliphatic heterocycles. The number of pyridine rings is 1. The molecule has 0 spiro atoms. The smallest absolute Gasteiger partial charge is 0.192 e. The molecule has 28 heavy (non-hydrogen) atoms. The summed E-state index contributed by atoms with van der Waals surface area (Å²) in [6.45, 7) is 13.2. The number of morpholine rings is 1. The summed E-state index contributed by atoms with van der Waals surface area (Å²) in [7, 11) is -1.97. The normalized spacial score (nSPS) is 18.3. The molecule has 3 rings (SSSR count). The molecule has 0 radical (unpaired) electrons. The lowest BCUT2D eigenvalue weighted by molar-refractivity contribution is 0.0221. The average molecular weight is 405 g/mol. The Balaban J connectivity index is 1.77. The summed E-state index contributed by atoms with van der Waals surface area (Å²) in [4.78, 5) is 12.9. The highest BCUT2D eigenvalue weighted by Crippen LogP contribution is 2.37. The molecule has 8 heteroatoms. The van der Waals surface area contributed by atoms with Crippen molar-refractivity contribution in [3.05, 3.63) is 41.9 Å². The van der Waals surface area contributed by atoms with Gasteiger partial charge in [0.2, 0.25) is 0 Å². The number of nitrogens with zero attached hydrogens (tertiary/aromatic N) is 3.